The van der Waals surface area contributed by atoms with E-state index in [1.54, 1.807) is 6.07 Å². The number of hydrogen-bond donors (Lipinski definition) is 1. The van der Waals surface area contributed by atoms with Gasteiger partial charge in [-0.3, -0.25) is 4.55 Å². The molecule has 0 bridgehead atoms. The third kappa shape index (κ3) is 36.0. The van der Waals surface area contributed by atoms with Crippen LogP contribution in [0.5, 0.6) is 0 Å². The zero-order chi connectivity index (χ0) is 16.8. The maximum absolute atomic E-state index is 10.6. The summed E-state index contributed by atoms with van der Waals surface area (Å²) in [4.78, 5) is 10.6. The van der Waals surface area contributed by atoms with E-state index < -0.39 is 21.8 Å². The highest BCUT2D eigenvalue weighted by Gasteiger charge is 2.07. The van der Waals surface area contributed by atoms with Gasteiger partial charge in [0.2, 0.25) is 0 Å². The van der Waals surface area contributed by atoms with Gasteiger partial charge in [0.25, 0.3) is 10.1 Å². The molecule has 0 atom stereocenters. The second kappa shape index (κ2) is 14.1. The van der Waals surface area contributed by atoms with Crippen molar-refractivity contribution < 1.29 is 22.5 Å². The van der Waals surface area contributed by atoms with E-state index in [1.807, 2.05) is 0 Å². The van der Waals surface area contributed by atoms with E-state index >= 15 is 0 Å². The molecular weight excluding hydrogens is 329 g/mol. The Hall–Kier alpha value is -1.33. The second-order valence-electron chi connectivity index (χ2n) is 2.87. The van der Waals surface area contributed by atoms with Crippen molar-refractivity contribution in [2.75, 3.05) is 12.4 Å². The zero-order valence-electron chi connectivity index (χ0n) is 10.8. The molecular formula is C11H15Cl2NO5S. The molecule has 0 fully saturated rings. The lowest BCUT2D eigenvalue weighted by atomic mass is 10.4. The van der Waals surface area contributed by atoms with Crippen molar-refractivity contribution in [3.8, 4) is 6.07 Å². The lowest BCUT2D eigenvalue weighted by molar-refractivity contribution is -0.138. The maximum Gasteiger partial charge on any atom is 0.333 e. The lowest BCUT2D eigenvalue weighted by Gasteiger charge is -2.01. The van der Waals surface area contributed by atoms with Crippen LogP contribution in [0.4, 0.5) is 0 Å². The van der Waals surface area contributed by atoms with Crippen LogP contribution >= 0.6 is 23.2 Å². The molecule has 114 valence electrons. The molecule has 0 amide bonds. The van der Waals surface area contributed by atoms with Crippen LogP contribution in [0.25, 0.3) is 0 Å². The monoisotopic (exact) mass is 343 g/mol. The Morgan fingerprint density at radius 3 is 2.00 bits per heavy atom. The predicted octanol–water partition coefficient (Wildman–Crippen LogP) is 2.62. The molecule has 0 aliphatic heterocycles. The fourth-order valence-corrected chi connectivity index (χ4v) is 0.657. The molecule has 0 aliphatic rings. The molecule has 0 spiro atoms. The minimum absolute atomic E-state index is 0.111. The Labute approximate surface area is 128 Å². The van der Waals surface area contributed by atoms with Crippen LogP contribution in [-0.2, 0) is 19.6 Å². The van der Waals surface area contributed by atoms with Gasteiger partial charge in [-0.25, -0.2) is 4.79 Å². The molecule has 0 unspecified atom stereocenters. The molecule has 6 nitrogen and oxygen atoms in total. The predicted molar refractivity (Wildman–Crippen MR) is 78.8 cm³/mol. The van der Waals surface area contributed by atoms with Crippen LogP contribution in [0.2, 0.25) is 0 Å². The molecule has 0 saturated carbocycles. The van der Waals surface area contributed by atoms with Crippen LogP contribution in [0, 0.1) is 11.3 Å². The standard InChI is InChI=1S/C6H10O5S.C3H3N.C2H2Cl2/c1-5(2)6(7)11-3-4-12(8,9)10;1-2-3-4;1-2(3)4/h1,3-4H2,2H3,(H,8,9,10);2H,1H2;1H2. The van der Waals surface area contributed by atoms with Crippen molar-refractivity contribution in [1.29, 1.82) is 5.26 Å². The fourth-order valence-electron chi connectivity index (χ4n) is 0.363. The smallest absolute Gasteiger partial charge is 0.333 e. The number of rotatable bonds is 4. The average molecular weight is 344 g/mol. The van der Waals surface area contributed by atoms with Gasteiger partial charge in [0.05, 0.1) is 10.6 Å². The first-order valence-electron chi connectivity index (χ1n) is 4.76. The average Bonchev–Trinajstić information content (AvgIpc) is 2.26. The van der Waals surface area contributed by atoms with E-state index in [0.717, 1.165) is 0 Å². The first-order valence-corrected chi connectivity index (χ1v) is 7.12. The molecule has 20 heavy (non-hydrogen) atoms. The molecule has 0 aliphatic carbocycles. The van der Waals surface area contributed by atoms with E-state index in [2.05, 4.69) is 24.5 Å². The summed E-state index contributed by atoms with van der Waals surface area (Å²) >= 11 is 9.69. The van der Waals surface area contributed by atoms with Crippen molar-refractivity contribution in [1.82, 2.24) is 0 Å². The van der Waals surface area contributed by atoms with Gasteiger partial charge in [-0.05, 0) is 6.92 Å². The summed E-state index contributed by atoms with van der Waals surface area (Å²) in [6.07, 6.45) is 1.18. The van der Waals surface area contributed by atoms with Crippen molar-refractivity contribution in [2.24, 2.45) is 0 Å². The molecule has 0 aromatic carbocycles. The third-order valence-corrected chi connectivity index (χ3v) is 1.70. The lowest BCUT2D eigenvalue weighted by Crippen LogP contribution is -2.14. The first-order chi connectivity index (χ1) is 8.97. The van der Waals surface area contributed by atoms with Crippen LogP contribution in [0.1, 0.15) is 6.92 Å². The minimum atomic E-state index is -4.05. The number of nitriles is 1. The number of hydrogen-bond acceptors (Lipinski definition) is 5. The number of halogens is 2. The summed E-state index contributed by atoms with van der Waals surface area (Å²) in [6.45, 7) is 10.6. The summed E-state index contributed by atoms with van der Waals surface area (Å²) < 4.78 is 33.0. The highest BCUT2D eigenvalue weighted by Crippen LogP contribution is 1.98. The van der Waals surface area contributed by atoms with Crippen molar-refractivity contribution >= 4 is 39.3 Å². The molecule has 0 saturated heterocycles. The van der Waals surface area contributed by atoms with E-state index in [0.29, 0.717) is 0 Å². The van der Waals surface area contributed by atoms with E-state index in [4.69, 9.17) is 33.0 Å². The SMILES string of the molecule is C=C(C)C(=O)OCCS(=O)(=O)O.C=C(Cl)Cl.C=CC#N. The molecule has 0 rings (SSSR count). The van der Waals surface area contributed by atoms with Crippen LogP contribution in [0.3, 0.4) is 0 Å². The normalized spacial score (nSPS) is 8.55. The van der Waals surface area contributed by atoms with Crippen molar-refractivity contribution in [3.63, 3.8) is 0 Å². The summed E-state index contributed by atoms with van der Waals surface area (Å²) in [5, 5.41) is 7.51. The quantitative estimate of drug-likeness (QED) is 0.364. The molecule has 9 heteroatoms. The molecule has 0 aromatic rings. The van der Waals surface area contributed by atoms with Crippen LogP contribution in [-0.4, -0.2) is 31.3 Å². The molecule has 0 heterocycles. The number of ether oxygens (including phenoxy) is 1. The second-order valence-corrected chi connectivity index (χ2v) is 5.55. The number of carbonyl (C=O) groups excluding carboxylic acids is 1. The Balaban J connectivity index is -0.000000297. The van der Waals surface area contributed by atoms with Gasteiger partial charge in [-0.1, -0.05) is 42.9 Å². The Bertz CT molecular complexity index is 476. The first kappa shape index (κ1) is 23.7. The van der Waals surface area contributed by atoms with Crippen molar-refractivity contribution in [3.05, 3.63) is 35.9 Å². The van der Waals surface area contributed by atoms with E-state index in [9.17, 15) is 13.2 Å². The van der Waals surface area contributed by atoms with Gasteiger partial charge >= 0.3 is 5.97 Å². The largest absolute Gasteiger partial charge is 0.461 e. The van der Waals surface area contributed by atoms with Crippen LogP contribution < -0.4 is 0 Å². The number of esters is 1. The van der Waals surface area contributed by atoms with Gasteiger partial charge in [-0.15, -0.1) is 0 Å². The van der Waals surface area contributed by atoms with E-state index in [1.165, 1.54) is 13.0 Å². The van der Waals surface area contributed by atoms with Gasteiger partial charge in [0, 0.05) is 11.6 Å². The Morgan fingerprint density at radius 2 is 1.80 bits per heavy atom. The Kier molecular flexibility index (Phi) is 16.7. The Morgan fingerprint density at radius 1 is 1.45 bits per heavy atom. The van der Waals surface area contributed by atoms with Gasteiger partial charge in [-0.2, -0.15) is 13.7 Å². The van der Waals surface area contributed by atoms with Gasteiger partial charge < -0.3 is 4.74 Å². The zero-order valence-corrected chi connectivity index (χ0v) is 13.1. The third-order valence-electron chi connectivity index (χ3n) is 1.01. The number of nitrogens with zero attached hydrogens (tertiary/aromatic N) is 1. The summed E-state index contributed by atoms with van der Waals surface area (Å²) in [5.74, 6) is -1.26. The van der Waals surface area contributed by atoms with Gasteiger partial charge in [0.15, 0.2) is 0 Å². The number of allylic oxidation sites excluding steroid dienone is 1. The number of carbonyl (C=O) groups is 1. The fraction of sp³-hybridized carbons (Fsp3) is 0.273. The van der Waals surface area contributed by atoms with Crippen molar-refractivity contribution in [2.45, 2.75) is 6.92 Å². The summed E-state index contributed by atoms with van der Waals surface area (Å²) in [5.41, 5.74) is 0.185. The summed E-state index contributed by atoms with van der Waals surface area (Å²) in [7, 11) is -4.05. The van der Waals surface area contributed by atoms with Crippen LogP contribution in [0.15, 0.2) is 35.9 Å². The van der Waals surface area contributed by atoms with E-state index in [-0.39, 0.29) is 16.7 Å². The minimum Gasteiger partial charge on any atom is -0.461 e. The molecule has 0 radical (unpaired) electrons. The molecule has 1 N–H and O–H groups in total. The van der Waals surface area contributed by atoms with Gasteiger partial charge in [0.1, 0.15) is 12.4 Å². The maximum atomic E-state index is 10.6. The summed E-state index contributed by atoms with van der Waals surface area (Å²) in [6, 6.07) is 1.69. The topological polar surface area (TPSA) is 104 Å². The highest BCUT2D eigenvalue weighted by molar-refractivity contribution is 7.85. The highest BCUT2D eigenvalue weighted by atomic mass is 35.5. The molecule has 0 aromatic heterocycles.